The molecule has 0 bridgehead atoms. The molecule has 5 nitrogen and oxygen atoms in total. The highest BCUT2D eigenvalue weighted by Gasteiger charge is 2.59. The lowest BCUT2D eigenvalue weighted by Crippen LogP contribution is -2.43. The minimum atomic E-state index is -0.580. The second-order valence-electron chi connectivity index (χ2n) is 8.52. The quantitative estimate of drug-likeness (QED) is 0.588. The number of carbonyl (C=O) groups excluding carboxylic acids is 3. The van der Waals surface area contributed by atoms with Crippen molar-refractivity contribution in [2.75, 3.05) is 0 Å². The van der Waals surface area contributed by atoms with E-state index in [1.54, 1.807) is 0 Å². The number of hydrogen-bond acceptors (Lipinski definition) is 5. The van der Waals surface area contributed by atoms with Gasteiger partial charge >= 0.3 is 11.9 Å². The third-order valence-corrected chi connectivity index (χ3v) is 6.98. The lowest BCUT2D eigenvalue weighted by molar-refractivity contribution is -0.153. The molecule has 0 aromatic heterocycles. The van der Waals surface area contributed by atoms with Crippen LogP contribution in [0, 0.1) is 17.3 Å². The van der Waals surface area contributed by atoms with Gasteiger partial charge in [-0.3, -0.25) is 14.4 Å². The highest BCUT2D eigenvalue weighted by molar-refractivity contribution is 5.93. The number of aryl methyl sites for hydroxylation is 1. The molecule has 1 aromatic rings. The van der Waals surface area contributed by atoms with Gasteiger partial charge in [0.25, 0.3) is 0 Å². The normalized spacial score (nSPS) is 34.3. The number of fused-ring (bicyclic) bond motifs is 5. The minimum absolute atomic E-state index is 0.108. The maximum atomic E-state index is 12.9. The molecule has 5 heteroatoms. The fourth-order valence-electron chi connectivity index (χ4n) is 5.86. The minimum Gasteiger partial charge on any atom is -0.455 e. The van der Waals surface area contributed by atoms with E-state index < -0.39 is 6.10 Å². The molecular weight excluding hydrogens is 344 g/mol. The smallest absolute Gasteiger partial charge is 0.308 e. The van der Waals surface area contributed by atoms with E-state index in [0.717, 1.165) is 25.7 Å². The Bertz CT molecular complexity index is 813. The summed E-state index contributed by atoms with van der Waals surface area (Å²) < 4.78 is 10.6. The topological polar surface area (TPSA) is 69.7 Å². The summed E-state index contributed by atoms with van der Waals surface area (Å²) in [6.45, 7) is 4.85. The van der Waals surface area contributed by atoms with Crippen molar-refractivity contribution in [2.24, 2.45) is 17.3 Å². The molecule has 27 heavy (non-hydrogen) atoms. The van der Waals surface area contributed by atoms with Crippen LogP contribution >= 0.6 is 0 Å². The molecule has 5 atom stereocenters. The number of ether oxygens (including phenoxy) is 2. The van der Waals surface area contributed by atoms with Gasteiger partial charge in [0.1, 0.15) is 5.75 Å². The summed E-state index contributed by atoms with van der Waals surface area (Å²) in [6, 6.07) is 5.95. The Morgan fingerprint density at radius 3 is 2.63 bits per heavy atom. The van der Waals surface area contributed by atoms with Crippen molar-refractivity contribution in [1.82, 2.24) is 0 Å². The van der Waals surface area contributed by atoms with E-state index >= 15 is 0 Å². The monoisotopic (exact) mass is 370 g/mol. The molecule has 3 aliphatic carbocycles. The Morgan fingerprint density at radius 2 is 1.93 bits per heavy atom. The van der Waals surface area contributed by atoms with Crippen LogP contribution in [0.1, 0.15) is 63.5 Å². The van der Waals surface area contributed by atoms with Gasteiger partial charge < -0.3 is 9.47 Å². The average Bonchev–Trinajstić information content (AvgIpc) is 2.85. The lowest BCUT2D eigenvalue weighted by Gasteiger charge is -2.48. The van der Waals surface area contributed by atoms with Crippen molar-refractivity contribution in [3.8, 4) is 5.75 Å². The van der Waals surface area contributed by atoms with Crippen LogP contribution in [0.2, 0.25) is 0 Å². The average molecular weight is 370 g/mol. The van der Waals surface area contributed by atoms with Gasteiger partial charge in [-0.15, -0.1) is 0 Å². The fraction of sp³-hybridized carbons (Fsp3) is 0.591. The maximum Gasteiger partial charge on any atom is 0.308 e. The van der Waals surface area contributed by atoms with Crippen molar-refractivity contribution in [3.63, 3.8) is 0 Å². The van der Waals surface area contributed by atoms with Crippen molar-refractivity contribution < 1.29 is 23.9 Å². The van der Waals surface area contributed by atoms with Crippen LogP contribution in [0.3, 0.4) is 0 Å². The molecule has 4 rings (SSSR count). The van der Waals surface area contributed by atoms with Gasteiger partial charge in [0.15, 0.2) is 11.9 Å². The molecule has 144 valence electrons. The van der Waals surface area contributed by atoms with Gasteiger partial charge in [-0.2, -0.15) is 0 Å². The summed E-state index contributed by atoms with van der Waals surface area (Å²) in [5.41, 5.74) is 2.20. The molecule has 0 heterocycles. The van der Waals surface area contributed by atoms with Gasteiger partial charge in [0.05, 0.1) is 0 Å². The first kappa shape index (κ1) is 18.2. The summed E-state index contributed by atoms with van der Waals surface area (Å²) in [4.78, 5) is 35.6. The van der Waals surface area contributed by atoms with Crippen LogP contribution in [-0.2, 0) is 25.5 Å². The number of Topliss-reactive ketones (excluding diaryl/α,β-unsaturated/α-hetero) is 1. The Kier molecular flexibility index (Phi) is 4.36. The van der Waals surface area contributed by atoms with E-state index in [1.807, 2.05) is 12.1 Å². The van der Waals surface area contributed by atoms with Crippen molar-refractivity contribution in [1.29, 1.82) is 0 Å². The van der Waals surface area contributed by atoms with Gasteiger partial charge in [0, 0.05) is 19.3 Å². The molecule has 2 saturated carbocycles. The van der Waals surface area contributed by atoms with Crippen LogP contribution < -0.4 is 4.74 Å². The van der Waals surface area contributed by atoms with E-state index in [0.29, 0.717) is 24.0 Å². The first-order valence-electron chi connectivity index (χ1n) is 9.82. The molecular formula is C22H26O5. The summed E-state index contributed by atoms with van der Waals surface area (Å²) in [6.07, 6.45) is 3.81. The predicted molar refractivity (Wildman–Crippen MR) is 98.3 cm³/mol. The second-order valence-corrected chi connectivity index (χ2v) is 8.52. The van der Waals surface area contributed by atoms with Crippen LogP contribution in [0.15, 0.2) is 18.2 Å². The summed E-state index contributed by atoms with van der Waals surface area (Å²) >= 11 is 0. The van der Waals surface area contributed by atoms with E-state index in [1.165, 1.54) is 25.0 Å². The third kappa shape index (κ3) is 2.97. The summed E-state index contributed by atoms with van der Waals surface area (Å²) in [5, 5.41) is 0. The predicted octanol–water partition coefficient (Wildman–Crippen LogP) is 3.58. The second kappa shape index (κ2) is 6.47. The molecule has 2 fully saturated rings. The molecule has 0 aliphatic heterocycles. The zero-order chi connectivity index (χ0) is 19.3. The highest BCUT2D eigenvalue weighted by Crippen LogP contribution is 2.60. The number of ketones is 1. The summed E-state index contributed by atoms with van der Waals surface area (Å²) in [5.74, 6) is 1.14. The van der Waals surface area contributed by atoms with Gasteiger partial charge in [0.2, 0.25) is 0 Å². The fourth-order valence-corrected chi connectivity index (χ4v) is 5.86. The van der Waals surface area contributed by atoms with Gasteiger partial charge in [-0.05, 0) is 73.1 Å². The van der Waals surface area contributed by atoms with Gasteiger partial charge in [-0.1, -0.05) is 13.0 Å². The third-order valence-electron chi connectivity index (χ3n) is 6.98. The van der Waals surface area contributed by atoms with Crippen LogP contribution in [0.4, 0.5) is 0 Å². The number of carbonyl (C=O) groups is 3. The van der Waals surface area contributed by atoms with E-state index in [4.69, 9.17) is 9.47 Å². The highest BCUT2D eigenvalue weighted by atomic mass is 16.5. The molecule has 0 unspecified atom stereocenters. The van der Waals surface area contributed by atoms with Crippen molar-refractivity contribution in [3.05, 3.63) is 29.3 Å². The SMILES string of the molecule is CC(=O)Oc1ccc2c(c1)CC[C@@H]1[C@H]3C[C@H](OC(C)=O)C(=O)[C@]3(C)CC[C@@H]21. The molecule has 0 saturated heterocycles. The van der Waals surface area contributed by atoms with Crippen LogP contribution in [0.25, 0.3) is 0 Å². The lowest BCUT2D eigenvalue weighted by atomic mass is 9.55. The Hall–Kier alpha value is -2.17. The standard InChI is InChI=1S/C22H26O5/c1-12(23)26-15-5-7-16-14(10-15)4-6-18-17(16)8-9-22(3)19(18)11-20(21(22)25)27-13(2)24/h5,7,10,17-20H,4,6,8-9,11H2,1-3H3/t17-,18-,19+,20-,22+/m0/s1. The number of esters is 2. The molecule has 3 aliphatic rings. The number of benzene rings is 1. The van der Waals surface area contributed by atoms with Crippen molar-refractivity contribution in [2.45, 2.75) is 64.9 Å². The first-order valence-corrected chi connectivity index (χ1v) is 9.82. The molecule has 1 aromatic carbocycles. The molecule has 0 N–H and O–H groups in total. The van der Waals surface area contributed by atoms with E-state index in [-0.39, 0.29) is 29.1 Å². The summed E-state index contributed by atoms with van der Waals surface area (Å²) in [7, 11) is 0. The Balaban J connectivity index is 1.61. The Labute approximate surface area is 159 Å². The van der Waals surface area contributed by atoms with Gasteiger partial charge in [-0.25, -0.2) is 0 Å². The van der Waals surface area contributed by atoms with E-state index in [9.17, 15) is 14.4 Å². The molecule has 0 amide bonds. The van der Waals surface area contributed by atoms with E-state index in [2.05, 4.69) is 13.0 Å². The maximum absolute atomic E-state index is 12.9. The Morgan fingerprint density at radius 1 is 1.15 bits per heavy atom. The van der Waals surface area contributed by atoms with Crippen LogP contribution in [-0.4, -0.2) is 23.8 Å². The molecule has 0 spiro atoms. The van der Waals surface area contributed by atoms with Crippen molar-refractivity contribution >= 4 is 17.7 Å². The number of rotatable bonds is 2. The zero-order valence-electron chi connectivity index (χ0n) is 16.1. The first-order chi connectivity index (χ1) is 12.8. The van der Waals surface area contributed by atoms with Crippen LogP contribution in [0.5, 0.6) is 5.75 Å². The molecule has 0 radical (unpaired) electrons. The number of hydrogen-bond donors (Lipinski definition) is 0. The zero-order valence-corrected chi connectivity index (χ0v) is 16.1. The largest absolute Gasteiger partial charge is 0.455 e.